The van der Waals surface area contributed by atoms with Gasteiger partial charge in [0.2, 0.25) is 0 Å². The second-order valence-corrected chi connectivity index (χ2v) is 4.04. The molecule has 0 amide bonds. The van der Waals surface area contributed by atoms with Crippen molar-refractivity contribution >= 4 is 17.4 Å². The van der Waals surface area contributed by atoms with Crippen LogP contribution in [0.2, 0.25) is 5.02 Å². The molecule has 0 N–H and O–H groups in total. The van der Waals surface area contributed by atoms with Gasteiger partial charge in [-0.25, -0.2) is 0 Å². The molecule has 0 saturated carbocycles. The molecule has 0 saturated heterocycles. The van der Waals surface area contributed by atoms with Gasteiger partial charge in [0.15, 0.2) is 5.78 Å². The standard InChI is InChI=1S/C12H11ClN2O/c1-15-7-6-11(14-15)12(16)8-9-2-4-10(13)5-3-9/h2-7H,8H2,1H3. The van der Waals surface area contributed by atoms with Crippen LogP contribution in [0.15, 0.2) is 36.5 Å². The summed E-state index contributed by atoms with van der Waals surface area (Å²) in [7, 11) is 1.79. The van der Waals surface area contributed by atoms with E-state index < -0.39 is 0 Å². The molecule has 0 radical (unpaired) electrons. The lowest BCUT2D eigenvalue weighted by Gasteiger charge is -1.98. The molecular formula is C12H11ClN2O. The Hall–Kier alpha value is -1.61. The van der Waals surface area contributed by atoms with E-state index in [-0.39, 0.29) is 5.78 Å². The topological polar surface area (TPSA) is 34.9 Å². The molecule has 0 aliphatic heterocycles. The number of rotatable bonds is 3. The quantitative estimate of drug-likeness (QED) is 0.765. The molecule has 82 valence electrons. The van der Waals surface area contributed by atoms with Gasteiger partial charge in [-0.05, 0) is 23.8 Å². The molecule has 1 heterocycles. The summed E-state index contributed by atoms with van der Waals surface area (Å²) in [5.41, 5.74) is 1.44. The number of hydrogen-bond donors (Lipinski definition) is 0. The van der Waals surface area contributed by atoms with Crippen molar-refractivity contribution in [2.24, 2.45) is 7.05 Å². The van der Waals surface area contributed by atoms with Crippen molar-refractivity contribution in [1.29, 1.82) is 0 Å². The van der Waals surface area contributed by atoms with Crippen LogP contribution >= 0.6 is 11.6 Å². The highest BCUT2D eigenvalue weighted by atomic mass is 35.5. The highest BCUT2D eigenvalue weighted by Gasteiger charge is 2.09. The molecule has 1 aromatic carbocycles. The molecule has 0 spiro atoms. The maximum atomic E-state index is 11.8. The zero-order valence-corrected chi connectivity index (χ0v) is 9.61. The Kier molecular flexibility index (Phi) is 3.06. The Balaban J connectivity index is 2.10. The third-order valence-corrected chi connectivity index (χ3v) is 2.53. The monoisotopic (exact) mass is 234 g/mol. The molecule has 16 heavy (non-hydrogen) atoms. The first-order chi connectivity index (χ1) is 7.65. The molecule has 0 unspecified atom stereocenters. The first kappa shape index (κ1) is 10.9. The molecule has 3 nitrogen and oxygen atoms in total. The lowest BCUT2D eigenvalue weighted by molar-refractivity contribution is 0.0987. The van der Waals surface area contributed by atoms with E-state index in [0.29, 0.717) is 17.1 Å². The van der Waals surface area contributed by atoms with E-state index in [1.54, 1.807) is 36.1 Å². The Labute approximate surface area is 98.7 Å². The van der Waals surface area contributed by atoms with Crippen molar-refractivity contribution in [1.82, 2.24) is 9.78 Å². The minimum Gasteiger partial charge on any atom is -0.292 e. The van der Waals surface area contributed by atoms with Crippen molar-refractivity contribution < 1.29 is 4.79 Å². The fourth-order valence-electron chi connectivity index (χ4n) is 1.44. The lowest BCUT2D eigenvalue weighted by atomic mass is 10.1. The van der Waals surface area contributed by atoms with Crippen molar-refractivity contribution in [2.75, 3.05) is 0 Å². The summed E-state index contributed by atoms with van der Waals surface area (Å²) in [6.45, 7) is 0. The van der Waals surface area contributed by atoms with E-state index in [1.165, 1.54) is 0 Å². The van der Waals surface area contributed by atoms with E-state index in [0.717, 1.165) is 5.56 Å². The van der Waals surface area contributed by atoms with Gasteiger partial charge in [-0.3, -0.25) is 9.48 Å². The smallest absolute Gasteiger partial charge is 0.187 e. The summed E-state index contributed by atoms with van der Waals surface area (Å²) < 4.78 is 1.62. The van der Waals surface area contributed by atoms with E-state index in [2.05, 4.69) is 5.10 Å². The number of carbonyl (C=O) groups excluding carboxylic acids is 1. The van der Waals surface area contributed by atoms with Crippen molar-refractivity contribution in [3.63, 3.8) is 0 Å². The predicted octanol–water partition coefficient (Wildman–Crippen LogP) is 2.50. The number of aromatic nitrogens is 2. The molecule has 0 aliphatic carbocycles. The Morgan fingerprint density at radius 1 is 1.31 bits per heavy atom. The highest BCUT2D eigenvalue weighted by Crippen LogP contribution is 2.11. The summed E-state index contributed by atoms with van der Waals surface area (Å²) in [5, 5.41) is 4.74. The summed E-state index contributed by atoms with van der Waals surface area (Å²) in [5.74, 6) is 0.0166. The molecule has 0 atom stereocenters. The van der Waals surface area contributed by atoms with Crippen LogP contribution in [-0.4, -0.2) is 15.6 Å². The molecule has 2 aromatic rings. The van der Waals surface area contributed by atoms with Crippen LogP contribution in [0.5, 0.6) is 0 Å². The van der Waals surface area contributed by atoms with Gasteiger partial charge in [-0.2, -0.15) is 5.10 Å². The molecule has 0 aliphatic rings. The van der Waals surface area contributed by atoms with E-state index in [1.807, 2.05) is 12.1 Å². The molecule has 0 bridgehead atoms. The first-order valence-electron chi connectivity index (χ1n) is 4.92. The maximum Gasteiger partial charge on any atom is 0.187 e. The Morgan fingerprint density at radius 3 is 2.56 bits per heavy atom. The van der Waals surface area contributed by atoms with Gasteiger partial charge >= 0.3 is 0 Å². The van der Waals surface area contributed by atoms with E-state index in [4.69, 9.17) is 11.6 Å². The van der Waals surface area contributed by atoms with Crippen LogP contribution in [0.25, 0.3) is 0 Å². The number of carbonyl (C=O) groups is 1. The second-order valence-electron chi connectivity index (χ2n) is 3.60. The number of halogens is 1. The largest absolute Gasteiger partial charge is 0.292 e. The summed E-state index contributed by atoms with van der Waals surface area (Å²) in [6.07, 6.45) is 2.11. The highest BCUT2D eigenvalue weighted by molar-refractivity contribution is 6.30. The maximum absolute atomic E-state index is 11.8. The van der Waals surface area contributed by atoms with Crippen LogP contribution in [0.3, 0.4) is 0 Å². The third kappa shape index (κ3) is 2.49. The number of hydrogen-bond acceptors (Lipinski definition) is 2. The molecule has 0 fully saturated rings. The van der Waals surface area contributed by atoms with Crippen LogP contribution < -0.4 is 0 Å². The zero-order valence-electron chi connectivity index (χ0n) is 8.85. The Bertz CT molecular complexity index is 502. The van der Waals surface area contributed by atoms with Gasteiger partial charge in [0.25, 0.3) is 0 Å². The van der Waals surface area contributed by atoms with E-state index >= 15 is 0 Å². The van der Waals surface area contributed by atoms with Crippen LogP contribution in [0.4, 0.5) is 0 Å². The third-order valence-electron chi connectivity index (χ3n) is 2.28. The molecule has 1 aromatic heterocycles. The zero-order chi connectivity index (χ0) is 11.5. The number of Topliss-reactive ketones (excluding diaryl/α,β-unsaturated/α-hetero) is 1. The van der Waals surface area contributed by atoms with Crippen molar-refractivity contribution in [3.05, 3.63) is 52.8 Å². The fraction of sp³-hybridized carbons (Fsp3) is 0.167. The SMILES string of the molecule is Cn1ccc(C(=O)Cc2ccc(Cl)cc2)n1. The van der Waals surface area contributed by atoms with Gasteiger partial charge < -0.3 is 0 Å². The van der Waals surface area contributed by atoms with Crippen LogP contribution in [0, 0.1) is 0 Å². The van der Waals surface area contributed by atoms with Crippen LogP contribution in [-0.2, 0) is 13.5 Å². The summed E-state index contributed by atoms with van der Waals surface area (Å²) in [6, 6.07) is 8.98. The molecule has 2 rings (SSSR count). The van der Waals surface area contributed by atoms with Crippen molar-refractivity contribution in [3.8, 4) is 0 Å². The Morgan fingerprint density at radius 2 is 2.00 bits per heavy atom. The number of aryl methyl sites for hydroxylation is 1. The fourth-order valence-corrected chi connectivity index (χ4v) is 1.57. The van der Waals surface area contributed by atoms with Crippen LogP contribution in [0.1, 0.15) is 16.1 Å². The second kappa shape index (κ2) is 4.49. The number of nitrogens with zero attached hydrogens (tertiary/aromatic N) is 2. The summed E-state index contributed by atoms with van der Waals surface area (Å²) in [4.78, 5) is 11.8. The van der Waals surface area contributed by atoms with Gasteiger partial charge in [0.05, 0.1) is 0 Å². The number of ketones is 1. The minimum absolute atomic E-state index is 0.0166. The van der Waals surface area contributed by atoms with Gasteiger partial charge in [0.1, 0.15) is 5.69 Å². The minimum atomic E-state index is 0.0166. The average molecular weight is 235 g/mol. The molecule has 4 heteroatoms. The molecular weight excluding hydrogens is 224 g/mol. The van der Waals surface area contributed by atoms with Gasteiger partial charge in [-0.15, -0.1) is 0 Å². The van der Waals surface area contributed by atoms with Crippen molar-refractivity contribution in [2.45, 2.75) is 6.42 Å². The normalized spacial score (nSPS) is 10.4. The van der Waals surface area contributed by atoms with Gasteiger partial charge in [-0.1, -0.05) is 23.7 Å². The lowest BCUT2D eigenvalue weighted by Crippen LogP contribution is -2.05. The first-order valence-corrected chi connectivity index (χ1v) is 5.30. The predicted molar refractivity (Wildman–Crippen MR) is 62.7 cm³/mol. The van der Waals surface area contributed by atoms with E-state index in [9.17, 15) is 4.79 Å². The average Bonchev–Trinajstić information content (AvgIpc) is 2.68. The summed E-state index contributed by atoms with van der Waals surface area (Å²) >= 11 is 5.77. The number of benzene rings is 1. The van der Waals surface area contributed by atoms with Gasteiger partial charge in [0, 0.05) is 24.7 Å².